The monoisotopic (exact) mass is 583 g/mol. The fraction of sp³-hybridized carbons (Fsp3) is 0.355. The first-order valence-electron chi connectivity index (χ1n) is 14.4. The first-order chi connectivity index (χ1) is 21.0. The van der Waals surface area contributed by atoms with Gasteiger partial charge in [-0.3, -0.25) is 23.8 Å². The van der Waals surface area contributed by atoms with Gasteiger partial charge in [-0.15, -0.1) is 0 Å². The van der Waals surface area contributed by atoms with E-state index in [1.165, 1.54) is 0 Å². The van der Waals surface area contributed by atoms with E-state index >= 15 is 0 Å². The van der Waals surface area contributed by atoms with E-state index < -0.39 is 5.76 Å². The molecule has 12 nitrogen and oxygen atoms in total. The molecule has 2 aromatic carbocycles. The van der Waals surface area contributed by atoms with Gasteiger partial charge >= 0.3 is 5.76 Å². The Morgan fingerprint density at radius 1 is 0.907 bits per heavy atom. The molecule has 43 heavy (non-hydrogen) atoms. The Balaban J connectivity index is 1.25. The topological polar surface area (TPSA) is 145 Å². The van der Waals surface area contributed by atoms with Crippen LogP contribution >= 0.6 is 0 Å². The molecule has 3 aromatic heterocycles. The summed E-state index contributed by atoms with van der Waals surface area (Å²) in [7, 11) is 0. The molecule has 0 radical (unpaired) electrons. The van der Waals surface area contributed by atoms with Crippen molar-refractivity contribution in [3.05, 3.63) is 104 Å². The molecule has 1 fully saturated rings. The summed E-state index contributed by atoms with van der Waals surface area (Å²) < 4.78 is 17.4. The normalized spacial score (nSPS) is 13.9. The maximum absolute atomic E-state index is 13.9. The summed E-state index contributed by atoms with van der Waals surface area (Å²) in [5.74, 6) is 1.51. The summed E-state index contributed by atoms with van der Waals surface area (Å²) in [6.45, 7) is 7.93. The molecular formula is C31H33N7O5. The second-order valence-electron chi connectivity index (χ2n) is 10.6. The van der Waals surface area contributed by atoms with Crippen molar-refractivity contribution in [3.63, 3.8) is 0 Å². The number of hydrogen-bond acceptors (Lipinski definition) is 10. The number of aromatic amines is 1. The molecule has 12 heteroatoms. The zero-order valence-electron chi connectivity index (χ0n) is 24.2. The lowest BCUT2D eigenvalue weighted by molar-refractivity contribution is 0.0327. The Morgan fingerprint density at radius 3 is 2.40 bits per heavy atom. The minimum absolute atomic E-state index is 0.103. The van der Waals surface area contributed by atoms with E-state index in [0.717, 1.165) is 47.6 Å². The molecule has 1 aliphatic heterocycles. The van der Waals surface area contributed by atoms with E-state index in [-0.39, 0.29) is 12.0 Å². The Kier molecular flexibility index (Phi) is 8.38. The van der Waals surface area contributed by atoms with E-state index in [2.05, 4.69) is 32.1 Å². The van der Waals surface area contributed by atoms with Crippen LogP contribution in [-0.4, -0.2) is 61.0 Å². The van der Waals surface area contributed by atoms with Gasteiger partial charge in [0.1, 0.15) is 5.82 Å². The van der Waals surface area contributed by atoms with E-state index in [4.69, 9.17) is 18.8 Å². The van der Waals surface area contributed by atoms with Gasteiger partial charge in [-0.2, -0.15) is 4.98 Å². The van der Waals surface area contributed by atoms with E-state index in [1.54, 1.807) is 4.57 Å². The van der Waals surface area contributed by atoms with E-state index in [0.29, 0.717) is 61.5 Å². The molecule has 0 atom stereocenters. The van der Waals surface area contributed by atoms with Crippen molar-refractivity contribution in [2.45, 2.75) is 46.2 Å². The second-order valence-corrected chi connectivity index (χ2v) is 10.6. The molecule has 0 saturated carbocycles. The van der Waals surface area contributed by atoms with E-state index in [1.807, 2.05) is 55.5 Å². The summed E-state index contributed by atoms with van der Waals surface area (Å²) in [4.78, 5) is 39.6. The van der Waals surface area contributed by atoms with Crippen molar-refractivity contribution in [1.82, 2.24) is 34.7 Å². The Hall–Kier alpha value is -4.68. The van der Waals surface area contributed by atoms with Crippen LogP contribution in [0.5, 0.6) is 0 Å². The average molecular weight is 584 g/mol. The largest absolute Gasteiger partial charge is 0.439 e. The Morgan fingerprint density at radius 2 is 1.67 bits per heavy atom. The average Bonchev–Trinajstić information content (AvgIpc) is 3.66. The van der Waals surface area contributed by atoms with Crippen LogP contribution in [0.15, 0.2) is 67.2 Å². The van der Waals surface area contributed by atoms with Crippen molar-refractivity contribution in [2.75, 3.05) is 26.3 Å². The molecule has 5 aromatic rings. The van der Waals surface area contributed by atoms with Gasteiger partial charge in [0.2, 0.25) is 5.89 Å². The maximum atomic E-state index is 13.9. The zero-order chi connectivity index (χ0) is 29.8. The van der Waals surface area contributed by atoms with Gasteiger partial charge < -0.3 is 9.26 Å². The van der Waals surface area contributed by atoms with Crippen LogP contribution in [0.1, 0.15) is 47.7 Å². The summed E-state index contributed by atoms with van der Waals surface area (Å²) in [6.07, 6.45) is 1.77. The van der Waals surface area contributed by atoms with Gasteiger partial charge in [-0.1, -0.05) is 65.8 Å². The van der Waals surface area contributed by atoms with Crippen LogP contribution in [0.3, 0.4) is 0 Å². The minimum atomic E-state index is -0.605. The molecule has 1 aliphatic rings. The third-order valence-corrected chi connectivity index (χ3v) is 7.56. The third kappa shape index (κ3) is 6.40. The second kappa shape index (κ2) is 12.7. The lowest BCUT2D eigenvalue weighted by Crippen LogP contribution is -2.35. The molecule has 0 aliphatic carbocycles. The number of ether oxygens (including phenoxy) is 1. The van der Waals surface area contributed by atoms with Crippen LogP contribution in [-0.2, 0) is 30.7 Å². The number of rotatable bonds is 10. The van der Waals surface area contributed by atoms with Crippen LogP contribution in [0.25, 0.3) is 22.5 Å². The zero-order valence-corrected chi connectivity index (χ0v) is 24.2. The summed E-state index contributed by atoms with van der Waals surface area (Å²) >= 11 is 0. The molecule has 222 valence electrons. The van der Waals surface area contributed by atoms with Gasteiger partial charge in [0, 0.05) is 36.3 Å². The molecule has 4 heterocycles. The smallest absolute Gasteiger partial charge is 0.379 e. The van der Waals surface area contributed by atoms with E-state index in [9.17, 15) is 9.59 Å². The van der Waals surface area contributed by atoms with Crippen LogP contribution < -0.4 is 11.3 Å². The first-order valence-corrected chi connectivity index (χ1v) is 14.4. The third-order valence-electron chi connectivity index (χ3n) is 7.56. The lowest BCUT2D eigenvalue weighted by atomic mass is 9.98. The Labute approximate surface area is 247 Å². The fourth-order valence-electron chi connectivity index (χ4n) is 5.33. The molecule has 0 unspecified atom stereocenters. The number of H-pyrrole nitrogens is 1. The van der Waals surface area contributed by atoms with Crippen LogP contribution in [0.4, 0.5) is 0 Å². The van der Waals surface area contributed by atoms with Gasteiger partial charge in [0.25, 0.3) is 5.56 Å². The first kappa shape index (κ1) is 28.4. The molecule has 0 spiro atoms. The summed E-state index contributed by atoms with van der Waals surface area (Å²) in [6, 6.07) is 15.6. The molecule has 0 amide bonds. The van der Waals surface area contributed by atoms with Gasteiger partial charge in [-0.05, 0) is 30.0 Å². The number of morpholine rings is 1. The van der Waals surface area contributed by atoms with Crippen molar-refractivity contribution in [2.24, 2.45) is 0 Å². The standard InChI is InChI=1S/C31H33N7O5/c1-3-6-27-32-20(2)25(17-28-33-26(35-42-28)19-37-13-15-41-16-14-37)30(39)38(27)18-21-9-11-22(12-10-21)23-7-4-5-8-24(23)29-34-31(40)43-36-29/h4-5,7-12H,3,6,13-19H2,1-2H3,(H,34,36,40). The predicted molar refractivity (Wildman–Crippen MR) is 158 cm³/mol. The number of nitrogens with one attached hydrogen (secondary N) is 1. The number of nitrogens with zero attached hydrogens (tertiary/aromatic N) is 6. The highest BCUT2D eigenvalue weighted by atomic mass is 16.5. The maximum Gasteiger partial charge on any atom is 0.439 e. The SMILES string of the molecule is CCCc1nc(C)c(Cc2nc(CN3CCOCC3)no2)c(=O)n1Cc1ccc(-c2ccccc2-c2noc(=O)[nH]2)cc1. The molecule has 1 saturated heterocycles. The van der Waals surface area contributed by atoms with Crippen molar-refractivity contribution in [3.8, 4) is 22.5 Å². The Bertz CT molecular complexity index is 1810. The fourth-order valence-corrected chi connectivity index (χ4v) is 5.33. The van der Waals surface area contributed by atoms with Gasteiger partial charge in [0.15, 0.2) is 11.6 Å². The minimum Gasteiger partial charge on any atom is -0.379 e. The van der Waals surface area contributed by atoms with Gasteiger partial charge in [0.05, 0.1) is 32.7 Å². The van der Waals surface area contributed by atoms with Gasteiger partial charge in [-0.25, -0.2) is 9.78 Å². The number of benzene rings is 2. The lowest BCUT2D eigenvalue weighted by Gasteiger charge is -2.24. The summed E-state index contributed by atoms with van der Waals surface area (Å²) in [5.41, 5.74) is 4.67. The molecule has 6 rings (SSSR count). The number of hydrogen-bond donors (Lipinski definition) is 1. The highest BCUT2D eigenvalue weighted by Gasteiger charge is 2.20. The van der Waals surface area contributed by atoms with Crippen LogP contribution in [0.2, 0.25) is 0 Å². The molecule has 1 N–H and O–H groups in total. The quantitative estimate of drug-likeness (QED) is 0.260. The van der Waals surface area contributed by atoms with Crippen molar-refractivity contribution in [1.29, 1.82) is 0 Å². The van der Waals surface area contributed by atoms with Crippen molar-refractivity contribution < 1.29 is 13.8 Å². The number of aromatic nitrogens is 6. The predicted octanol–water partition coefficient (Wildman–Crippen LogP) is 3.37. The van der Waals surface area contributed by atoms with Crippen LogP contribution in [0, 0.1) is 6.92 Å². The highest BCUT2D eigenvalue weighted by Crippen LogP contribution is 2.30. The summed E-state index contributed by atoms with van der Waals surface area (Å²) in [5, 5.41) is 7.98. The van der Waals surface area contributed by atoms with Crippen molar-refractivity contribution >= 4 is 0 Å². The molecular weight excluding hydrogens is 550 g/mol. The molecule has 0 bridgehead atoms. The number of aryl methyl sites for hydroxylation is 2. The highest BCUT2D eigenvalue weighted by molar-refractivity contribution is 5.80.